The molecule has 0 spiro atoms. The summed E-state index contributed by atoms with van der Waals surface area (Å²) < 4.78 is 32.6. The molecular formula is C18H19F2NO2. The van der Waals surface area contributed by atoms with Crippen molar-refractivity contribution in [3.8, 4) is 5.75 Å². The SMILES string of the molecule is COc1ccc(C(NC(=O)c2c(F)cccc2F)C(C)C)cc1. The van der Waals surface area contributed by atoms with Gasteiger partial charge in [-0.2, -0.15) is 0 Å². The summed E-state index contributed by atoms with van der Waals surface area (Å²) in [6.45, 7) is 3.85. The minimum atomic E-state index is -0.875. The van der Waals surface area contributed by atoms with Crippen molar-refractivity contribution in [1.82, 2.24) is 5.32 Å². The van der Waals surface area contributed by atoms with Crippen molar-refractivity contribution in [3.63, 3.8) is 0 Å². The molecule has 0 fully saturated rings. The van der Waals surface area contributed by atoms with Gasteiger partial charge in [-0.15, -0.1) is 0 Å². The second-order valence-electron chi connectivity index (χ2n) is 5.56. The van der Waals surface area contributed by atoms with Crippen LogP contribution in [-0.2, 0) is 0 Å². The molecule has 0 saturated carbocycles. The van der Waals surface area contributed by atoms with Gasteiger partial charge in [0.2, 0.25) is 0 Å². The van der Waals surface area contributed by atoms with E-state index in [0.29, 0.717) is 5.75 Å². The number of hydrogen-bond donors (Lipinski definition) is 1. The number of methoxy groups -OCH3 is 1. The van der Waals surface area contributed by atoms with E-state index in [2.05, 4.69) is 5.32 Å². The van der Waals surface area contributed by atoms with Crippen molar-refractivity contribution >= 4 is 5.91 Å². The summed E-state index contributed by atoms with van der Waals surface area (Å²) >= 11 is 0. The number of amides is 1. The Morgan fingerprint density at radius 1 is 1.04 bits per heavy atom. The van der Waals surface area contributed by atoms with Gasteiger partial charge in [0.1, 0.15) is 22.9 Å². The molecule has 5 heteroatoms. The lowest BCUT2D eigenvalue weighted by Gasteiger charge is -2.23. The Labute approximate surface area is 134 Å². The number of ether oxygens (including phenoxy) is 1. The molecule has 1 unspecified atom stereocenters. The quantitative estimate of drug-likeness (QED) is 0.901. The highest BCUT2D eigenvalue weighted by atomic mass is 19.1. The van der Waals surface area contributed by atoms with E-state index in [1.165, 1.54) is 6.07 Å². The van der Waals surface area contributed by atoms with Gasteiger partial charge in [0, 0.05) is 0 Å². The van der Waals surface area contributed by atoms with Crippen molar-refractivity contribution in [2.75, 3.05) is 7.11 Å². The average molecular weight is 319 g/mol. The molecule has 122 valence electrons. The third kappa shape index (κ3) is 3.86. The standard InChI is InChI=1S/C18H19F2NO2/c1-11(2)17(12-7-9-13(23-3)10-8-12)21-18(22)16-14(19)5-4-6-15(16)20/h4-11,17H,1-3H3,(H,21,22). The Hall–Kier alpha value is -2.43. The number of carbonyl (C=O) groups excluding carboxylic acids is 1. The van der Waals surface area contributed by atoms with Gasteiger partial charge in [-0.25, -0.2) is 8.78 Å². The predicted octanol–water partition coefficient (Wildman–Crippen LogP) is 4.10. The summed E-state index contributed by atoms with van der Waals surface area (Å²) in [5.41, 5.74) is 0.276. The zero-order valence-corrected chi connectivity index (χ0v) is 13.3. The van der Waals surface area contributed by atoms with Crippen molar-refractivity contribution < 1.29 is 18.3 Å². The van der Waals surface area contributed by atoms with Crippen LogP contribution in [0.15, 0.2) is 42.5 Å². The van der Waals surface area contributed by atoms with E-state index in [1.807, 2.05) is 26.0 Å². The first-order valence-corrected chi connectivity index (χ1v) is 7.33. The fourth-order valence-electron chi connectivity index (χ4n) is 2.37. The molecule has 2 aromatic rings. The van der Waals surface area contributed by atoms with Crippen LogP contribution in [0.5, 0.6) is 5.75 Å². The summed E-state index contributed by atoms with van der Waals surface area (Å²) in [5, 5.41) is 2.71. The Bertz CT molecular complexity index is 664. The van der Waals surface area contributed by atoms with E-state index in [1.54, 1.807) is 19.2 Å². The molecular weight excluding hydrogens is 300 g/mol. The van der Waals surface area contributed by atoms with Gasteiger partial charge >= 0.3 is 0 Å². The Morgan fingerprint density at radius 2 is 1.61 bits per heavy atom. The molecule has 0 heterocycles. The maximum atomic E-state index is 13.7. The van der Waals surface area contributed by atoms with Crippen LogP contribution in [0.4, 0.5) is 8.78 Å². The molecule has 0 aliphatic heterocycles. The van der Waals surface area contributed by atoms with E-state index in [0.717, 1.165) is 17.7 Å². The Kier molecular flexibility index (Phi) is 5.32. The molecule has 2 rings (SSSR count). The number of carbonyl (C=O) groups is 1. The van der Waals surface area contributed by atoms with E-state index in [4.69, 9.17) is 4.74 Å². The first kappa shape index (κ1) is 16.9. The normalized spacial score (nSPS) is 12.1. The monoisotopic (exact) mass is 319 g/mol. The fourth-order valence-corrected chi connectivity index (χ4v) is 2.37. The Balaban J connectivity index is 2.27. The predicted molar refractivity (Wildman–Crippen MR) is 84.4 cm³/mol. The first-order chi connectivity index (χ1) is 10.9. The highest BCUT2D eigenvalue weighted by Gasteiger charge is 2.23. The van der Waals surface area contributed by atoms with Gasteiger partial charge in [0.05, 0.1) is 13.2 Å². The molecule has 0 saturated heterocycles. The third-order valence-electron chi connectivity index (χ3n) is 3.62. The van der Waals surface area contributed by atoms with E-state index in [9.17, 15) is 13.6 Å². The molecule has 23 heavy (non-hydrogen) atoms. The maximum Gasteiger partial charge on any atom is 0.257 e. The van der Waals surface area contributed by atoms with Crippen molar-refractivity contribution in [3.05, 3.63) is 65.2 Å². The van der Waals surface area contributed by atoms with Crippen LogP contribution in [0.1, 0.15) is 35.8 Å². The van der Waals surface area contributed by atoms with Crippen LogP contribution < -0.4 is 10.1 Å². The average Bonchev–Trinajstić information content (AvgIpc) is 2.52. The second kappa shape index (κ2) is 7.22. The summed E-state index contributed by atoms with van der Waals surface area (Å²) in [6, 6.07) is 10.2. The molecule has 1 N–H and O–H groups in total. The molecule has 0 radical (unpaired) electrons. The van der Waals surface area contributed by atoms with E-state index < -0.39 is 23.1 Å². The zero-order valence-electron chi connectivity index (χ0n) is 13.3. The van der Waals surface area contributed by atoms with E-state index in [-0.39, 0.29) is 12.0 Å². The van der Waals surface area contributed by atoms with Crippen LogP contribution in [0, 0.1) is 17.6 Å². The van der Waals surface area contributed by atoms with Crippen molar-refractivity contribution in [2.24, 2.45) is 5.92 Å². The van der Waals surface area contributed by atoms with Crippen LogP contribution >= 0.6 is 0 Å². The number of halogens is 2. The molecule has 1 amide bonds. The van der Waals surface area contributed by atoms with Gasteiger partial charge in [-0.3, -0.25) is 4.79 Å². The zero-order chi connectivity index (χ0) is 17.0. The van der Waals surface area contributed by atoms with Crippen LogP contribution in [0.2, 0.25) is 0 Å². The van der Waals surface area contributed by atoms with Gasteiger partial charge in [0.25, 0.3) is 5.91 Å². The van der Waals surface area contributed by atoms with Crippen molar-refractivity contribution in [2.45, 2.75) is 19.9 Å². The van der Waals surface area contributed by atoms with Crippen LogP contribution in [-0.4, -0.2) is 13.0 Å². The van der Waals surface area contributed by atoms with Gasteiger partial charge in [-0.1, -0.05) is 32.0 Å². The molecule has 0 aliphatic carbocycles. The smallest absolute Gasteiger partial charge is 0.257 e. The Morgan fingerprint density at radius 3 is 2.09 bits per heavy atom. The lowest BCUT2D eigenvalue weighted by molar-refractivity contribution is 0.0917. The summed E-state index contributed by atoms with van der Waals surface area (Å²) in [7, 11) is 1.57. The minimum Gasteiger partial charge on any atom is -0.497 e. The summed E-state index contributed by atoms with van der Waals surface area (Å²) in [5.74, 6) is -1.78. The largest absolute Gasteiger partial charge is 0.497 e. The molecule has 3 nitrogen and oxygen atoms in total. The number of rotatable bonds is 5. The molecule has 0 aromatic heterocycles. The van der Waals surface area contributed by atoms with Gasteiger partial charge in [0.15, 0.2) is 0 Å². The van der Waals surface area contributed by atoms with Crippen LogP contribution in [0.3, 0.4) is 0 Å². The number of nitrogens with one attached hydrogen (secondary N) is 1. The summed E-state index contributed by atoms with van der Waals surface area (Å²) in [4.78, 5) is 12.3. The third-order valence-corrected chi connectivity index (χ3v) is 3.62. The molecule has 2 aromatic carbocycles. The minimum absolute atomic E-state index is 0.0437. The summed E-state index contributed by atoms with van der Waals surface area (Å²) in [6.07, 6.45) is 0. The molecule has 1 atom stereocenters. The fraction of sp³-hybridized carbons (Fsp3) is 0.278. The highest BCUT2D eigenvalue weighted by molar-refractivity contribution is 5.95. The van der Waals surface area contributed by atoms with E-state index >= 15 is 0 Å². The second-order valence-corrected chi connectivity index (χ2v) is 5.56. The molecule has 0 aliphatic rings. The first-order valence-electron chi connectivity index (χ1n) is 7.33. The van der Waals surface area contributed by atoms with Crippen LogP contribution in [0.25, 0.3) is 0 Å². The lowest BCUT2D eigenvalue weighted by Crippen LogP contribution is -2.33. The highest BCUT2D eigenvalue weighted by Crippen LogP contribution is 2.25. The molecule has 0 bridgehead atoms. The number of benzene rings is 2. The van der Waals surface area contributed by atoms with Gasteiger partial charge in [-0.05, 0) is 35.7 Å². The topological polar surface area (TPSA) is 38.3 Å². The number of hydrogen-bond acceptors (Lipinski definition) is 2. The van der Waals surface area contributed by atoms with Gasteiger partial charge < -0.3 is 10.1 Å². The lowest BCUT2D eigenvalue weighted by atomic mass is 9.95. The maximum absolute atomic E-state index is 13.7. The van der Waals surface area contributed by atoms with Crippen molar-refractivity contribution in [1.29, 1.82) is 0 Å².